The lowest BCUT2D eigenvalue weighted by Crippen LogP contribution is -2.45. The third-order valence-electron chi connectivity index (χ3n) is 3.39. The van der Waals surface area contributed by atoms with Gasteiger partial charge in [0.25, 0.3) is 5.91 Å². The number of carbonyl (C=O) groups excluding carboxylic acids is 2. The van der Waals surface area contributed by atoms with E-state index >= 15 is 0 Å². The molecule has 1 heterocycles. The lowest BCUT2D eigenvalue weighted by molar-refractivity contribution is -0.119. The zero-order chi connectivity index (χ0) is 14.4. The maximum atomic E-state index is 12.1. The van der Waals surface area contributed by atoms with Crippen LogP contribution >= 0.6 is 12.4 Å². The van der Waals surface area contributed by atoms with Crippen LogP contribution in [0.3, 0.4) is 0 Å². The van der Waals surface area contributed by atoms with Gasteiger partial charge in [-0.15, -0.1) is 12.4 Å². The van der Waals surface area contributed by atoms with E-state index in [2.05, 4.69) is 16.0 Å². The van der Waals surface area contributed by atoms with Crippen LogP contribution in [0.4, 0.5) is 0 Å². The van der Waals surface area contributed by atoms with Crippen molar-refractivity contribution in [3.63, 3.8) is 0 Å². The second kappa shape index (κ2) is 8.64. The Kier molecular flexibility index (Phi) is 7.19. The fraction of sp³-hybridized carbons (Fsp3) is 0.467. The van der Waals surface area contributed by atoms with Crippen LogP contribution < -0.4 is 16.0 Å². The van der Waals surface area contributed by atoms with Crippen molar-refractivity contribution in [3.8, 4) is 0 Å². The van der Waals surface area contributed by atoms with Crippen LogP contribution in [0.5, 0.6) is 0 Å². The number of nitrogens with one attached hydrogen (secondary N) is 3. The number of carbonyl (C=O) groups is 2. The maximum absolute atomic E-state index is 12.1. The number of halogens is 1. The molecule has 0 bridgehead atoms. The number of hydrogen-bond donors (Lipinski definition) is 3. The Morgan fingerprint density at radius 2 is 2.00 bits per heavy atom. The minimum absolute atomic E-state index is 0. The summed E-state index contributed by atoms with van der Waals surface area (Å²) in [5.74, 6) is -0.0959. The van der Waals surface area contributed by atoms with Gasteiger partial charge in [0.2, 0.25) is 5.91 Å². The first-order valence-electron chi connectivity index (χ1n) is 7.00. The molecule has 5 nitrogen and oxygen atoms in total. The summed E-state index contributed by atoms with van der Waals surface area (Å²) in [5.41, 5.74) is 1.64. The summed E-state index contributed by atoms with van der Waals surface area (Å²) in [4.78, 5) is 22.9. The van der Waals surface area contributed by atoms with E-state index in [9.17, 15) is 9.59 Å². The summed E-state index contributed by atoms with van der Waals surface area (Å²) in [6.07, 6.45) is 2.12. The molecule has 0 spiro atoms. The van der Waals surface area contributed by atoms with Crippen molar-refractivity contribution in [3.05, 3.63) is 35.4 Å². The predicted molar refractivity (Wildman–Crippen MR) is 84.6 cm³/mol. The first kappa shape index (κ1) is 17.5. The zero-order valence-electron chi connectivity index (χ0n) is 12.1. The summed E-state index contributed by atoms with van der Waals surface area (Å²) in [5, 5.41) is 9.04. The van der Waals surface area contributed by atoms with E-state index in [0.717, 1.165) is 31.5 Å². The fourth-order valence-electron chi connectivity index (χ4n) is 2.24. The number of rotatable bonds is 4. The monoisotopic (exact) mass is 311 g/mol. The van der Waals surface area contributed by atoms with Crippen LogP contribution in [0.15, 0.2) is 24.3 Å². The molecule has 1 fully saturated rings. The summed E-state index contributed by atoms with van der Waals surface area (Å²) < 4.78 is 0. The van der Waals surface area contributed by atoms with Crippen LogP contribution in [0.2, 0.25) is 0 Å². The van der Waals surface area contributed by atoms with Gasteiger partial charge in [0.05, 0.1) is 0 Å². The van der Waals surface area contributed by atoms with Gasteiger partial charge in [0, 0.05) is 31.6 Å². The molecule has 1 aromatic carbocycles. The highest BCUT2D eigenvalue weighted by Crippen LogP contribution is 2.07. The van der Waals surface area contributed by atoms with E-state index in [-0.39, 0.29) is 30.3 Å². The Bertz CT molecular complexity index is 470. The van der Waals surface area contributed by atoms with E-state index < -0.39 is 0 Å². The number of hydrogen-bond acceptors (Lipinski definition) is 3. The van der Waals surface area contributed by atoms with Crippen molar-refractivity contribution < 1.29 is 9.59 Å². The molecule has 1 aromatic rings. The van der Waals surface area contributed by atoms with Gasteiger partial charge in [-0.2, -0.15) is 0 Å². The SMILES string of the molecule is CC(=O)NCc1ccc(C(=O)NC2CCCNC2)cc1.Cl. The molecule has 1 saturated heterocycles. The van der Waals surface area contributed by atoms with Crippen molar-refractivity contribution in [1.82, 2.24) is 16.0 Å². The van der Waals surface area contributed by atoms with Crippen molar-refractivity contribution in [2.75, 3.05) is 13.1 Å². The highest BCUT2D eigenvalue weighted by molar-refractivity contribution is 5.94. The quantitative estimate of drug-likeness (QED) is 0.783. The van der Waals surface area contributed by atoms with Crippen molar-refractivity contribution in [2.24, 2.45) is 0 Å². The molecule has 1 aliphatic rings. The van der Waals surface area contributed by atoms with Gasteiger partial charge >= 0.3 is 0 Å². The smallest absolute Gasteiger partial charge is 0.251 e. The minimum Gasteiger partial charge on any atom is -0.352 e. The van der Waals surface area contributed by atoms with Crippen LogP contribution in [-0.2, 0) is 11.3 Å². The van der Waals surface area contributed by atoms with Gasteiger partial charge in [-0.25, -0.2) is 0 Å². The highest BCUT2D eigenvalue weighted by Gasteiger charge is 2.16. The van der Waals surface area contributed by atoms with Crippen LogP contribution in [0.1, 0.15) is 35.7 Å². The number of benzene rings is 1. The molecule has 0 aromatic heterocycles. The van der Waals surface area contributed by atoms with Crippen LogP contribution in [0, 0.1) is 0 Å². The van der Waals surface area contributed by atoms with E-state index in [4.69, 9.17) is 0 Å². The van der Waals surface area contributed by atoms with Gasteiger partial charge in [-0.1, -0.05) is 12.1 Å². The largest absolute Gasteiger partial charge is 0.352 e. The second-order valence-corrected chi connectivity index (χ2v) is 5.12. The Balaban J connectivity index is 0.00000220. The van der Waals surface area contributed by atoms with Crippen molar-refractivity contribution in [2.45, 2.75) is 32.4 Å². The predicted octanol–water partition coefficient (Wildman–Crippen LogP) is 1.23. The highest BCUT2D eigenvalue weighted by atomic mass is 35.5. The molecule has 0 aliphatic carbocycles. The molecule has 21 heavy (non-hydrogen) atoms. The topological polar surface area (TPSA) is 70.2 Å². The molecule has 2 amide bonds. The van der Waals surface area contributed by atoms with Gasteiger partial charge in [0.1, 0.15) is 0 Å². The molecule has 0 saturated carbocycles. The Morgan fingerprint density at radius 1 is 1.29 bits per heavy atom. The molecule has 1 atom stereocenters. The fourth-order valence-corrected chi connectivity index (χ4v) is 2.24. The van der Waals surface area contributed by atoms with Crippen LogP contribution in [0.25, 0.3) is 0 Å². The summed E-state index contributed by atoms with van der Waals surface area (Å²) in [7, 11) is 0. The molecule has 3 N–H and O–H groups in total. The average Bonchev–Trinajstić information content (AvgIpc) is 2.46. The molecule has 6 heteroatoms. The van der Waals surface area contributed by atoms with Gasteiger partial charge in [-0.3, -0.25) is 9.59 Å². The molecule has 1 aliphatic heterocycles. The molecule has 0 radical (unpaired) electrons. The van der Waals surface area contributed by atoms with E-state index in [0.29, 0.717) is 12.1 Å². The Labute approximate surface area is 131 Å². The zero-order valence-corrected chi connectivity index (χ0v) is 13.0. The van der Waals surface area contributed by atoms with Crippen molar-refractivity contribution in [1.29, 1.82) is 0 Å². The third kappa shape index (κ3) is 5.73. The van der Waals surface area contributed by atoms with E-state index in [1.807, 2.05) is 12.1 Å². The molecule has 1 unspecified atom stereocenters. The maximum Gasteiger partial charge on any atom is 0.251 e. The number of piperidine rings is 1. The molecular weight excluding hydrogens is 290 g/mol. The Morgan fingerprint density at radius 3 is 2.57 bits per heavy atom. The van der Waals surface area contributed by atoms with Crippen LogP contribution in [-0.4, -0.2) is 30.9 Å². The van der Waals surface area contributed by atoms with Crippen molar-refractivity contribution >= 4 is 24.2 Å². The normalized spacial score (nSPS) is 17.5. The molecule has 116 valence electrons. The molecular formula is C15H22ClN3O2. The van der Waals surface area contributed by atoms with E-state index in [1.54, 1.807) is 12.1 Å². The second-order valence-electron chi connectivity index (χ2n) is 5.12. The lowest BCUT2D eigenvalue weighted by atomic mass is 10.1. The minimum atomic E-state index is -0.0587. The summed E-state index contributed by atoms with van der Waals surface area (Å²) >= 11 is 0. The average molecular weight is 312 g/mol. The van der Waals surface area contributed by atoms with Gasteiger partial charge in [0.15, 0.2) is 0 Å². The molecule has 2 rings (SSSR count). The van der Waals surface area contributed by atoms with Gasteiger partial charge in [-0.05, 0) is 37.1 Å². The first-order chi connectivity index (χ1) is 9.65. The number of amides is 2. The first-order valence-corrected chi connectivity index (χ1v) is 7.00. The third-order valence-corrected chi connectivity index (χ3v) is 3.39. The summed E-state index contributed by atoms with van der Waals surface area (Å²) in [6, 6.07) is 7.54. The van der Waals surface area contributed by atoms with Gasteiger partial charge < -0.3 is 16.0 Å². The standard InChI is InChI=1S/C15H21N3O2.ClH/c1-11(19)17-9-12-4-6-13(7-5-12)15(20)18-14-3-2-8-16-10-14;/h4-7,14,16H,2-3,8-10H2,1H3,(H,17,19)(H,18,20);1H. The summed E-state index contributed by atoms with van der Waals surface area (Å²) in [6.45, 7) is 3.85. The Hall–Kier alpha value is -1.59. The lowest BCUT2D eigenvalue weighted by Gasteiger charge is -2.23. The van der Waals surface area contributed by atoms with E-state index in [1.165, 1.54) is 6.92 Å².